The third-order valence-corrected chi connectivity index (χ3v) is 6.94. The third kappa shape index (κ3) is 3.29. The second-order valence-corrected chi connectivity index (χ2v) is 8.79. The van der Waals surface area contributed by atoms with Crippen molar-refractivity contribution in [3.05, 3.63) is 18.2 Å². The highest BCUT2D eigenvalue weighted by Crippen LogP contribution is 2.44. The first kappa shape index (κ1) is 18.0. The van der Waals surface area contributed by atoms with Crippen molar-refractivity contribution in [2.75, 3.05) is 6.54 Å². The van der Waals surface area contributed by atoms with Gasteiger partial charge in [-0.3, -0.25) is 9.69 Å². The molecule has 2 bridgehead atoms. The first-order chi connectivity index (χ1) is 12.5. The fourth-order valence-electron chi connectivity index (χ4n) is 5.52. The lowest BCUT2D eigenvalue weighted by Crippen LogP contribution is -2.54. The molecule has 4 rings (SSSR count). The summed E-state index contributed by atoms with van der Waals surface area (Å²) in [4.78, 5) is 19.4. The van der Waals surface area contributed by atoms with Gasteiger partial charge in [0.2, 0.25) is 5.91 Å². The predicted molar refractivity (Wildman–Crippen MR) is 99.4 cm³/mol. The van der Waals surface area contributed by atoms with Gasteiger partial charge in [0.15, 0.2) is 0 Å². The molecule has 4 atom stereocenters. The number of imidazole rings is 1. The highest BCUT2D eigenvalue weighted by molar-refractivity contribution is 5.78. The van der Waals surface area contributed by atoms with Gasteiger partial charge in [0.05, 0.1) is 6.54 Å². The summed E-state index contributed by atoms with van der Waals surface area (Å²) in [7, 11) is 1.94. The molecule has 6 heteroatoms. The number of aromatic nitrogens is 2. The van der Waals surface area contributed by atoms with E-state index in [-0.39, 0.29) is 18.0 Å². The number of hydrogen-bond acceptors (Lipinski definition) is 4. The Morgan fingerprint density at radius 1 is 1.27 bits per heavy atom. The van der Waals surface area contributed by atoms with Crippen molar-refractivity contribution in [2.45, 2.75) is 82.0 Å². The van der Waals surface area contributed by atoms with Crippen molar-refractivity contribution >= 4 is 5.91 Å². The average molecular weight is 361 g/mol. The van der Waals surface area contributed by atoms with Crippen molar-refractivity contribution in [3.63, 3.8) is 0 Å². The van der Waals surface area contributed by atoms with E-state index >= 15 is 0 Å². The zero-order chi connectivity index (χ0) is 18.3. The van der Waals surface area contributed by atoms with E-state index in [4.69, 9.17) is 0 Å². The molecule has 0 radical (unpaired) electrons. The summed E-state index contributed by atoms with van der Waals surface area (Å²) in [6.45, 7) is 2.72. The molecule has 2 N–H and O–H groups in total. The van der Waals surface area contributed by atoms with Gasteiger partial charge in [-0.15, -0.1) is 0 Å². The van der Waals surface area contributed by atoms with Gasteiger partial charge in [-0.25, -0.2) is 4.98 Å². The van der Waals surface area contributed by atoms with Crippen LogP contribution in [0.1, 0.15) is 64.1 Å². The van der Waals surface area contributed by atoms with E-state index in [9.17, 15) is 9.90 Å². The Kier molecular flexibility index (Phi) is 4.82. The molecule has 2 aliphatic heterocycles. The molecule has 3 aliphatic rings. The van der Waals surface area contributed by atoms with Crippen LogP contribution in [0.25, 0.3) is 0 Å². The zero-order valence-electron chi connectivity index (χ0n) is 16.0. The summed E-state index contributed by atoms with van der Waals surface area (Å²) in [6, 6.07) is 0.873. The standard InChI is InChI=1S/C20H32N4O2/c1-14-5-3-4-6-17(14)22-18(25)13-24-15-7-8-16(24)12-20(26,11-15)19-21-9-10-23(19)2/h9-10,14-17,26H,3-8,11-13H2,1-2H3,(H,22,25)/t14-,15+,16+,17-/m0/s1. The van der Waals surface area contributed by atoms with Crippen LogP contribution in [-0.2, 0) is 17.4 Å². The second kappa shape index (κ2) is 6.97. The monoisotopic (exact) mass is 360 g/mol. The maximum absolute atomic E-state index is 12.7. The number of carbonyl (C=O) groups excluding carboxylic acids is 1. The van der Waals surface area contributed by atoms with E-state index < -0.39 is 5.60 Å². The van der Waals surface area contributed by atoms with Crippen molar-refractivity contribution in [2.24, 2.45) is 13.0 Å². The van der Waals surface area contributed by atoms with Gasteiger partial charge in [-0.05, 0) is 44.4 Å². The Labute approximate surface area is 156 Å². The number of aryl methyl sites for hydroxylation is 1. The molecule has 1 amide bonds. The Morgan fingerprint density at radius 3 is 2.58 bits per heavy atom. The van der Waals surface area contributed by atoms with Gasteiger partial charge in [-0.1, -0.05) is 19.8 Å². The predicted octanol–water partition coefficient (Wildman–Crippen LogP) is 1.93. The van der Waals surface area contributed by atoms with E-state index in [0.717, 1.165) is 25.1 Å². The molecule has 1 aromatic heterocycles. The van der Waals surface area contributed by atoms with Crippen molar-refractivity contribution in [3.8, 4) is 0 Å². The molecule has 0 unspecified atom stereocenters. The molecule has 0 aromatic carbocycles. The van der Waals surface area contributed by atoms with Crippen LogP contribution in [0.4, 0.5) is 0 Å². The summed E-state index contributed by atoms with van der Waals surface area (Å²) in [6.07, 6.45) is 11.9. The van der Waals surface area contributed by atoms with Gasteiger partial charge in [0.25, 0.3) is 0 Å². The molecule has 3 heterocycles. The number of nitrogens with zero attached hydrogens (tertiary/aromatic N) is 3. The third-order valence-electron chi connectivity index (χ3n) is 6.94. The molecule has 0 spiro atoms. The number of rotatable bonds is 4. The molecule has 2 saturated heterocycles. The number of hydrogen-bond donors (Lipinski definition) is 2. The average Bonchev–Trinajstić information content (AvgIpc) is 3.13. The molecule has 3 fully saturated rings. The Balaban J connectivity index is 1.39. The molecular formula is C20H32N4O2. The molecule has 144 valence electrons. The first-order valence-corrected chi connectivity index (χ1v) is 10.2. The number of fused-ring (bicyclic) bond motifs is 2. The largest absolute Gasteiger partial charge is 0.382 e. The fraction of sp³-hybridized carbons (Fsp3) is 0.800. The maximum atomic E-state index is 12.7. The van der Waals surface area contributed by atoms with Crippen LogP contribution in [0.3, 0.4) is 0 Å². The Bertz CT molecular complexity index is 644. The van der Waals surface area contributed by atoms with Crippen LogP contribution in [0, 0.1) is 5.92 Å². The van der Waals surface area contributed by atoms with Crippen molar-refractivity contribution in [1.82, 2.24) is 19.8 Å². The van der Waals surface area contributed by atoms with Gasteiger partial charge < -0.3 is 15.0 Å². The van der Waals surface area contributed by atoms with E-state index in [1.807, 2.05) is 17.8 Å². The number of aliphatic hydroxyl groups is 1. The highest BCUT2D eigenvalue weighted by atomic mass is 16.3. The summed E-state index contributed by atoms with van der Waals surface area (Å²) >= 11 is 0. The van der Waals surface area contributed by atoms with Crippen LogP contribution in [0.2, 0.25) is 0 Å². The SMILES string of the molecule is C[C@H]1CCCC[C@@H]1NC(=O)CN1[C@@H]2CC[C@@H]1CC(O)(c1nccn1C)C2. The summed E-state index contributed by atoms with van der Waals surface area (Å²) in [5.74, 6) is 1.50. The van der Waals surface area contributed by atoms with Gasteiger partial charge in [0, 0.05) is 37.6 Å². The number of amides is 1. The summed E-state index contributed by atoms with van der Waals surface area (Å²) in [5.41, 5.74) is -0.866. The minimum absolute atomic E-state index is 0.156. The molecular weight excluding hydrogens is 328 g/mol. The highest BCUT2D eigenvalue weighted by Gasteiger charge is 2.50. The van der Waals surface area contributed by atoms with E-state index in [0.29, 0.717) is 31.3 Å². The number of carbonyl (C=O) groups is 1. The first-order valence-electron chi connectivity index (χ1n) is 10.2. The van der Waals surface area contributed by atoms with Crippen LogP contribution in [0.5, 0.6) is 0 Å². The smallest absolute Gasteiger partial charge is 0.234 e. The molecule has 6 nitrogen and oxygen atoms in total. The van der Waals surface area contributed by atoms with Gasteiger partial charge in [-0.2, -0.15) is 0 Å². The topological polar surface area (TPSA) is 70.4 Å². The second-order valence-electron chi connectivity index (χ2n) is 8.79. The number of nitrogens with one attached hydrogen (secondary N) is 1. The van der Waals surface area contributed by atoms with Crippen LogP contribution in [-0.4, -0.2) is 50.1 Å². The molecule has 26 heavy (non-hydrogen) atoms. The summed E-state index contributed by atoms with van der Waals surface area (Å²) < 4.78 is 1.92. The Morgan fingerprint density at radius 2 is 1.96 bits per heavy atom. The maximum Gasteiger partial charge on any atom is 0.234 e. The molecule has 1 saturated carbocycles. The lowest BCUT2D eigenvalue weighted by molar-refractivity contribution is -0.127. The van der Waals surface area contributed by atoms with Crippen LogP contribution < -0.4 is 5.32 Å². The number of piperidine rings is 1. The minimum Gasteiger partial charge on any atom is -0.382 e. The van der Waals surface area contributed by atoms with Crippen LogP contribution >= 0.6 is 0 Å². The van der Waals surface area contributed by atoms with Crippen molar-refractivity contribution in [1.29, 1.82) is 0 Å². The van der Waals surface area contributed by atoms with Gasteiger partial charge >= 0.3 is 0 Å². The summed E-state index contributed by atoms with van der Waals surface area (Å²) in [5, 5.41) is 14.5. The van der Waals surface area contributed by atoms with E-state index in [1.54, 1.807) is 6.20 Å². The quantitative estimate of drug-likeness (QED) is 0.861. The van der Waals surface area contributed by atoms with Gasteiger partial charge in [0.1, 0.15) is 11.4 Å². The van der Waals surface area contributed by atoms with E-state index in [2.05, 4.69) is 22.1 Å². The normalized spacial score (nSPS) is 37.7. The minimum atomic E-state index is -0.866. The molecule has 1 aromatic rings. The molecule has 1 aliphatic carbocycles. The fourth-order valence-corrected chi connectivity index (χ4v) is 5.52. The van der Waals surface area contributed by atoms with Crippen molar-refractivity contribution < 1.29 is 9.90 Å². The zero-order valence-corrected chi connectivity index (χ0v) is 16.0. The lowest BCUT2D eigenvalue weighted by atomic mass is 9.85. The Hall–Kier alpha value is -1.40. The lowest BCUT2D eigenvalue weighted by Gasteiger charge is -2.43. The van der Waals surface area contributed by atoms with E-state index in [1.165, 1.54) is 19.3 Å². The van der Waals surface area contributed by atoms with Crippen LogP contribution in [0.15, 0.2) is 12.4 Å².